The molecule has 1 N–H and O–H groups in total. The summed E-state index contributed by atoms with van der Waals surface area (Å²) in [6.07, 6.45) is 2.90. The Bertz CT molecular complexity index is 653. The summed E-state index contributed by atoms with van der Waals surface area (Å²) >= 11 is 0. The zero-order valence-electron chi connectivity index (χ0n) is 11.5. The van der Waals surface area contributed by atoms with Crippen LogP contribution in [0.15, 0.2) is 41.2 Å². The van der Waals surface area contributed by atoms with Gasteiger partial charge in [-0.1, -0.05) is 44.2 Å². The average Bonchev–Trinajstić information content (AvgIpc) is 2.67. The van der Waals surface area contributed by atoms with E-state index in [4.69, 9.17) is 0 Å². The fourth-order valence-corrected chi connectivity index (χ4v) is 2.94. The minimum atomic E-state index is 0.0672. The third-order valence-electron chi connectivity index (χ3n) is 4.13. The van der Waals surface area contributed by atoms with Crippen LogP contribution in [0, 0.1) is 0 Å². The van der Waals surface area contributed by atoms with E-state index in [9.17, 15) is 4.79 Å². The van der Waals surface area contributed by atoms with Crippen molar-refractivity contribution < 1.29 is 0 Å². The van der Waals surface area contributed by atoms with Gasteiger partial charge in [0.2, 0.25) is 0 Å². The molecule has 0 unspecified atom stereocenters. The van der Waals surface area contributed by atoms with Gasteiger partial charge in [0.1, 0.15) is 0 Å². The number of aryl methyl sites for hydroxylation is 1. The molecule has 1 heterocycles. The summed E-state index contributed by atoms with van der Waals surface area (Å²) in [5.74, 6) is 0. The summed E-state index contributed by atoms with van der Waals surface area (Å²) in [5, 5.41) is 0. The van der Waals surface area contributed by atoms with Crippen LogP contribution in [0.1, 0.15) is 42.7 Å². The van der Waals surface area contributed by atoms with Gasteiger partial charge < -0.3 is 4.98 Å². The Morgan fingerprint density at radius 1 is 1.21 bits per heavy atom. The highest BCUT2D eigenvalue weighted by molar-refractivity contribution is 5.36. The van der Waals surface area contributed by atoms with Gasteiger partial charge in [-0.3, -0.25) is 4.79 Å². The number of pyridine rings is 1. The molecule has 1 aliphatic carbocycles. The molecule has 98 valence electrons. The first kappa shape index (κ1) is 12.2. The molecule has 1 aromatic carbocycles. The van der Waals surface area contributed by atoms with Gasteiger partial charge >= 0.3 is 0 Å². The number of rotatable bonds is 2. The molecule has 0 amide bonds. The van der Waals surface area contributed by atoms with Crippen LogP contribution >= 0.6 is 0 Å². The molecule has 3 rings (SSSR count). The first-order valence-electron chi connectivity index (χ1n) is 6.86. The van der Waals surface area contributed by atoms with Crippen LogP contribution in [0.2, 0.25) is 0 Å². The van der Waals surface area contributed by atoms with Gasteiger partial charge in [0.25, 0.3) is 5.56 Å². The van der Waals surface area contributed by atoms with Crippen molar-refractivity contribution in [2.45, 2.75) is 38.5 Å². The molecule has 1 aliphatic rings. The molecule has 19 heavy (non-hydrogen) atoms. The lowest BCUT2D eigenvalue weighted by Crippen LogP contribution is -2.21. The number of fused-ring (bicyclic) bond motifs is 1. The zero-order chi connectivity index (χ0) is 13.5. The largest absolute Gasteiger partial charge is 0.325 e. The number of nitrogens with one attached hydrogen (secondary N) is 1. The summed E-state index contributed by atoms with van der Waals surface area (Å²) in [6.45, 7) is 4.40. The van der Waals surface area contributed by atoms with Gasteiger partial charge in [-0.25, -0.2) is 0 Å². The van der Waals surface area contributed by atoms with Crippen molar-refractivity contribution in [3.8, 4) is 0 Å². The highest BCUT2D eigenvalue weighted by Gasteiger charge is 2.31. The van der Waals surface area contributed by atoms with Gasteiger partial charge in [-0.2, -0.15) is 0 Å². The number of aromatic nitrogens is 1. The molecule has 0 radical (unpaired) electrons. The van der Waals surface area contributed by atoms with E-state index in [0.29, 0.717) is 6.42 Å². The quantitative estimate of drug-likeness (QED) is 0.876. The van der Waals surface area contributed by atoms with Gasteiger partial charge in [0.05, 0.1) is 0 Å². The number of aromatic amines is 1. The van der Waals surface area contributed by atoms with Crippen LogP contribution in [-0.2, 0) is 18.3 Å². The van der Waals surface area contributed by atoms with Gasteiger partial charge in [-0.05, 0) is 30.0 Å². The van der Waals surface area contributed by atoms with E-state index < -0.39 is 0 Å². The van der Waals surface area contributed by atoms with Crippen molar-refractivity contribution in [1.82, 2.24) is 4.98 Å². The van der Waals surface area contributed by atoms with E-state index in [2.05, 4.69) is 37.0 Å². The Kier molecular flexibility index (Phi) is 2.81. The predicted molar refractivity (Wildman–Crippen MR) is 77.7 cm³/mol. The second-order valence-corrected chi connectivity index (χ2v) is 6.07. The SMILES string of the molecule is CC1(C)CCc2cc(Cc3ccccc3)c(=O)[nH]c21. The van der Waals surface area contributed by atoms with Crippen molar-refractivity contribution >= 4 is 0 Å². The summed E-state index contributed by atoms with van der Waals surface area (Å²) in [4.78, 5) is 15.3. The van der Waals surface area contributed by atoms with Crippen LogP contribution < -0.4 is 5.56 Å². The normalized spacial score (nSPS) is 16.3. The Morgan fingerprint density at radius 2 is 1.95 bits per heavy atom. The van der Waals surface area contributed by atoms with E-state index in [1.807, 2.05) is 18.2 Å². The van der Waals surface area contributed by atoms with Gasteiger partial charge in [0.15, 0.2) is 0 Å². The van der Waals surface area contributed by atoms with Crippen LogP contribution in [0.4, 0.5) is 0 Å². The van der Waals surface area contributed by atoms with Crippen molar-refractivity contribution in [2.24, 2.45) is 0 Å². The molecular formula is C17H19NO. The summed E-state index contributed by atoms with van der Waals surface area (Å²) in [7, 11) is 0. The highest BCUT2D eigenvalue weighted by Crippen LogP contribution is 2.36. The van der Waals surface area contributed by atoms with Gasteiger partial charge in [-0.15, -0.1) is 0 Å². The summed E-state index contributed by atoms with van der Waals surface area (Å²) in [5.41, 5.74) is 4.69. The van der Waals surface area contributed by atoms with E-state index in [1.54, 1.807) is 0 Å². The lowest BCUT2D eigenvalue weighted by molar-refractivity contribution is 0.508. The Morgan fingerprint density at radius 3 is 2.68 bits per heavy atom. The molecule has 2 aromatic rings. The molecule has 0 fully saturated rings. The second-order valence-electron chi connectivity index (χ2n) is 6.07. The van der Waals surface area contributed by atoms with Crippen LogP contribution in [-0.4, -0.2) is 4.98 Å². The number of H-pyrrole nitrogens is 1. The van der Waals surface area contributed by atoms with Crippen molar-refractivity contribution in [2.75, 3.05) is 0 Å². The van der Waals surface area contributed by atoms with Crippen molar-refractivity contribution in [3.05, 3.63) is 69.1 Å². The average molecular weight is 253 g/mol. The van der Waals surface area contributed by atoms with Crippen molar-refractivity contribution in [3.63, 3.8) is 0 Å². The molecule has 0 saturated heterocycles. The van der Waals surface area contributed by atoms with Crippen LogP contribution in [0.3, 0.4) is 0 Å². The molecule has 0 aliphatic heterocycles. The third kappa shape index (κ3) is 2.23. The molecular weight excluding hydrogens is 234 g/mol. The standard InChI is InChI=1S/C17H19NO/c1-17(2)9-8-13-11-14(16(19)18-15(13)17)10-12-6-4-3-5-7-12/h3-7,11H,8-10H2,1-2H3,(H,18,19). The molecule has 0 spiro atoms. The number of benzene rings is 1. The summed E-state index contributed by atoms with van der Waals surface area (Å²) in [6, 6.07) is 12.3. The molecule has 0 saturated carbocycles. The third-order valence-corrected chi connectivity index (χ3v) is 4.13. The van der Waals surface area contributed by atoms with E-state index in [0.717, 1.165) is 24.1 Å². The number of hydrogen-bond acceptors (Lipinski definition) is 1. The Hall–Kier alpha value is -1.83. The molecule has 2 nitrogen and oxygen atoms in total. The highest BCUT2D eigenvalue weighted by atomic mass is 16.1. The maximum absolute atomic E-state index is 12.2. The fourth-order valence-electron chi connectivity index (χ4n) is 2.94. The van der Waals surface area contributed by atoms with Gasteiger partial charge in [0, 0.05) is 23.1 Å². The molecule has 2 heteroatoms. The predicted octanol–water partition coefficient (Wildman–Crippen LogP) is 3.19. The minimum Gasteiger partial charge on any atom is -0.325 e. The molecule has 0 atom stereocenters. The maximum atomic E-state index is 12.2. The monoisotopic (exact) mass is 253 g/mol. The van der Waals surface area contributed by atoms with E-state index in [1.165, 1.54) is 11.1 Å². The second kappa shape index (κ2) is 4.37. The summed E-state index contributed by atoms with van der Waals surface area (Å²) < 4.78 is 0. The van der Waals surface area contributed by atoms with E-state index in [-0.39, 0.29) is 11.0 Å². The molecule has 0 bridgehead atoms. The Labute approximate surface area is 113 Å². The smallest absolute Gasteiger partial charge is 0.251 e. The first-order valence-corrected chi connectivity index (χ1v) is 6.86. The topological polar surface area (TPSA) is 32.9 Å². The fraction of sp³-hybridized carbons (Fsp3) is 0.353. The minimum absolute atomic E-state index is 0.0672. The lowest BCUT2D eigenvalue weighted by atomic mass is 9.90. The lowest BCUT2D eigenvalue weighted by Gasteiger charge is -2.18. The maximum Gasteiger partial charge on any atom is 0.251 e. The van der Waals surface area contributed by atoms with E-state index >= 15 is 0 Å². The zero-order valence-corrected chi connectivity index (χ0v) is 11.5. The number of hydrogen-bond donors (Lipinski definition) is 1. The first-order chi connectivity index (χ1) is 9.06. The van der Waals surface area contributed by atoms with Crippen LogP contribution in [0.5, 0.6) is 0 Å². The Balaban J connectivity index is 1.99. The van der Waals surface area contributed by atoms with Crippen molar-refractivity contribution in [1.29, 1.82) is 0 Å². The molecule has 1 aromatic heterocycles. The van der Waals surface area contributed by atoms with Crippen LogP contribution in [0.25, 0.3) is 0 Å².